The molecule has 1 aromatic heterocycles. The summed E-state index contributed by atoms with van der Waals surface area (Å²) in [6, 6.07) is 20.2. The molecule has 1 aliphatic rings. The fourth-order valence-corrected chi connectivity index (χ4v) is 4.43. The average molecular weight is 529 g/mol. The Hall–Kier alpha value is -4.70. The first-order chi connectivity index (χ1) is 18.9. The Bertz CT molecular complexity index is 1460. The predicted molar refractivity (Wildman–Crippen MR) is 149 cm³/mol. The number of anilines is 5. The summed E-state index contributed by atoms with van der Waals surface area (Å²) in [5, 5.41) is 22.2. The van der Waals surface area contributed by atoms with Crippen molar-refractivity contribution in [3.8, 4) is 0 Å². The summed E-state index contributed by atoms with van der Waals surface area (Å²) in [5.41, 5.74) is 3.71. The fraction of sp³-hybridized carbons (Fsp3) is 0.207. The van der Waals surface area contributed by atoms with E-state index in [0.29, 0.717) is 28.3 Å². The highest BCUT2D eigenvalue weighted by atomic mass is 19.1. The molecule has 5 rings (SSSR count). The molecule has 0 saturated carbocycles. The molecular formula is C29H29FN6O3. The van der Waals surface area contributed by atoms with Crippen LogP contribution < -0.4 is 20.9 Å². The van der Waals surface area contributed by atoms with E-state index in [9.17, 15) is 19.1 Å². The lowest BCUT2D eigenvalue weighted by molar-refractivity contribution is 0.101. The van der Waals surface area contributed by atoms with E-state index in [0.717, 1.165) is 31.6 Å². The zero-order valence-electron chi connectivity index (χ0n) is 21.4. The predicted octanol–water partition coefficient (Wildman–Crippen LogP) is 4.77. The molecule has 0 aliphatic carbocycles. The van der Waals surface area contributed by atoms with Crippen LogP contribution >= 0.6 is 0 Å². The molecule has 1 saturated heterocycles. The normalized spacial score (nSPS) is 13.7. The van der Waals surface area contributed by atoms with Crippen molar-refractivity contribution in [1.29, 1.82) is 0 Å². The van der Waals surface area contributed by atoms with Gasteiger partial charge in [0, 0.05) is 54.6 Å². The summed E-state index contributed by atoms with van der Waals surface area (Å²) < 4.78 is 16.3. The van der Waals surface area contributed by atoms with Gasteiger partial charge in [-0.1, -0.05) is 0 Å². The Labute approximate surface area is 225 Å². The topological polar surface area (TPSA) is 112 Å². The number of carbonyl (C=O) groups excluding carboxylic acids is 2. The van der Waals surface area contributed by atoms with Crippen LogP contribution in [0.2, 0.25) is 0 Å². The molecule has 3 aromatic carbocycles. The van der Waals surface area contributed by atoms with Gasteiger partial charge in [-0.25, -0.2) is 4.39 Å². The summed E-state index contributed by atoms with van der Waals surface area (Å²) >= 11 is 0. The van der Waals surface area contributed by atoms with Crippen molar-refractivity contribution >= 4 is 40.3 Å². The molecule has 0 spiro atoms. The summed E-state index contributed by atoms with van der Waals surface area (Å²) in [7, 11) is 1.69. The molecule has 0 unspecified atom stereocenters. The van der Waals surface area contributed by atoms with E-state index < -0.39 is 5.82 Å². The number of carbonyl (C=O) groups is 2. The number of nitrogens with zero attached hydrogens (tertiary/aromatic N) is 3. The molecule has 0 radical (unpaired) electrons. The Morgan fingerprint density at radius 3 is 2.15 bits per heavy atom. The molecule has 4 N–H and O–H groups in total. The minimum atomic E-state index is -0.524. The summed E-state index contributed by atoms with van der Waals surface area (Å²) in [4.78, 5) is 27.2. The Morgan fingerprint density at radius 1 is 0.872 bits per heavy atom. The van der Waals surface area contributed by atoms with E-state index in [-0.39, 0.29) is 23.6 Å². The highest BCUT2D eigenvalue weighted by molar-refractivity contribution is 6.04. The molecule has 2 amide bonds. The van der Waals surface area contributed by atoms with Crippen molar-refractivity contribution < 1.29 is 19.1 Å². The van der Waals surface area contributed by atoms with E-state index >= 15 is 0 Å². The standard InChI is InChI=1S/C29H29FN6O3/c1-35-27(12-15-31-35)29(39)33-21-6-4-20(5-7-21)32-26-11-8-22(18-25(26)30)34-28(38)19-2-9-23(10-3-19)36-16-13-24(37)14-17-36/h2-12,15,18,24,32,37H,13-14,16-17H2,1H3,(H,33,39)(H,34,38). The number of benzene rings is 3. The zero-order valence-corrected chi connectivity index (χ0v) is 21.4. The lowest BCUT2D eigenvalue weighted by Gasteiger charge is -2.31. The number of aliphatic hydroxyl groups excluding tert-OH is 1. The number of hydrogen-bond acceptors (Lipinski definition) is 6. The minimum absolute atomic E-state index is 0.244. The average Bonchev–Trinajstić information content (AvgIpc) is 3.38. The van der Waals surface area contributed by atoms with Gasteiger partial charge in [-0.15, -0.1) is 0 Å². The van der Waals surface area contributed by atoms with Crippen LogP contribution in [0.4, 0.5) is 32.8 Å². The Kier molecular flexibility index (Phi) is 7.55. The van der Waals surface area contributed by atoms with Gasteiger partial charge in [0.1, 0.15) is 11.5 Å². The maximum Gasteiger partial charge on any atom is 0.273 e. The van der Waals surface area contributed by atoms with Gasteiger partial charge in [0.15, 0.2) is 0 Å². The molecule has 10 heteroatoms. The SMILES string of the molecule is Cn1nccc1C(=O)Nc1ccc(Nc2ccc(NC(=O)c3ccc(N4CCC(O)CC4)cc3)cc2F)cc1. The molecule has 9 nitrogen and oxygen atoms in total. The van der Waals surface area contributed by atoms with Crippen LogP contribution in [-0.2, 0) is 7.05 Å². The number of aromatic nitrogens is 2. The largest absolute Gasteiger partial charge is 0.393 e. The number of amides is 2. The molecule has 0 bridgehead atoms. The Balaban J connectivity index is 1.17. The summed E-state index contributed by atoms with van der Waals surface area (Å²) in [5.74, 6) is -1.14. The van der Waals surface area contributed by atoms with Gasteiger partial charge in [-0.3, -0.25) is 14.3 Å². The third-order valence-electron chi connectivity index (χ3n) is 6.66. The van der Waals surface area contributed by atoms with E-state index in [2.05, 4.69) is 25.9 Å². The number of aryl methyl sites for hydroxylation is 1. The van der Waals surface area contributed by atoms with Crippen molar-refractivity contribution in [2.75, 3.05) is 33.9 Å². The van der Waals surface area contributed by atoms with Gasteiger partial charge >= 0.3 is 0 Å². The van der Waals surface area contributed by atoms with Crippen LogP contribution in [0.25, 0.3) is 0 Å². The molecule has 1 aliphatic heterocycles. The van der Waals surface area contributed by atoms with Crippen LogP contribution in [-0.4, -0.2) is 45.9 Å². The smallest absolute Gasteiger partial charge is 0.273 e. The number of halogens is 1. The molecule has 200 valence electrons. The van der Waals surface area contributed by atoms with Gasteiger partial charge in [-0.2, -0.15) is 5.10 Å². The second-order valence-electron chi connectivity index (χ2n) is 9.41. The zero-order chi connectivity index (χ0) is 27.4. The second-order valence-corrected chi connectivity index (χ2v) is 9.41. The third-order valence-corrected chi connectivity index (χ3v) is 6.66. The number of piperidine rings is 1. The van der Waals surface area contributed by atoms with Gasteiger partial charge in [-0.05, 0) is 85.6 Å². The van der Waals surface area contributed by atoms with Gasteiger partial charge in [0.2, 0.25) is 0 Å². The lowest BCUT2D eigenvalue weighted by atomic mass is 10.1. The van der Waals surface area contributed by atoms with Gasteiger partial charge < -0.3 is 26.0 Å². The van der Waals surface area contributed by atoms with Crippen LogP contribution in [0.15, 0.2) is 79.0 Å². The van der Waals surface area contributed by atoms with Crippen molar-refractivity contribution in [2.24, 2.45) is 7.05 Å². The van der Waals surface area contributed by atoms with Crippen molar-refractivity contribution in [1.82, 2.24) is 9.78 Å². The second kappa shape index (κ2) is 11.4. The number of aliphatic hydroxyl groups is 1. The van der Waals surface area contributed by atoms with Crippen LogP contribution in [0.1, 0.15) is 33.7 Å². The highest BCUT2D eigenvalue weighted by Gasteiger charge is 2.18. The summed E-state index contributed by atoms with van der Waals surface area (Å²) in [6.07, 6.45) is 2.77. The fourth-order valence-electron chi connectivity index (χ4n) is 4.43. The van der Waals surface area contributed by atoms with E-state index in [1.165, 1.54) is 10.7 Å². The minimum Gasteiger partial charge on any atom is -0.393 e. The molecule has 4 aromatic rings. The molecule has 39 heavy (non-hydrogen) atoms. The lowest BCUT2D eigenvalue weighted by Crippen LogP contribution is -2.35. The van der Waals surface area contributed by atoms with Crippen LogP contribution in [0.5, 0.6) is 0 Å². The third kappa shape index (κ3) is 6.24. The number of rotatable bonds is 7. The highest BCUT2D eigenvalue weighted by Crippen LogP contribution is 2.25. The maximum absolute atomic E-state index is 14.8. The van der Waals surface area contributed by atoms with E-state index in [4.69, 9.17) is 0 Å². The van der Waals surface area contributed by atoms with E-state index in [1.54, 1.807) is 67.8 Å². The van der Waals surface area contributed by atoms with Gasteiger partial charge in [0.05, 0.1) is 11.8 Å². The molecule has 1 fully saturated rings. The first kappa shape index (κ1) is 25.9. The number of nitrogens with one attached hydrogen (secondary N) is 3. The van der Waals surface area contributed by atoms with E-state index in [1.807, 2.05) is 12.1 Å². The van der Waals surface area contributed by atoms with Crippen molar-refractivity contribution in [3.63, 3.8) is 0 Å². The van der Waals surface area contributed by atoms with Crippen molar-refractivity contribution in [3.05, 3.63) is 96.1 Å². The van der Waals surface area contributed by atoms with Gasteiger partial charge in [0.25, 0.3) is 11.8 Å². The quantitative estimate of drug-likeness (QED) is 0.275. The van der Waals surface area contributed by atoms with Crippen LogP contribution in [0, 0.1) is 5.82 Å². The first-order valence-electron chi connectivity index (χ1n) is 12.7. The monoisotopic (exact) mass is 528 g/mol. The van der Waals surface area contributed by atoms with Crippen molar-refractivity contribution in [2.45, 2.75) is 18.9 Å². The molecule has 0 atom stereocenters. The maximum atomic E-state index is 14.8. The molecule has 2 heterocycles. The molecular weight excluding hydrogens is 499 g/mol. The Morgan fingerprint density at radius 2 is 1.51 bits per heavy atom. The number of hydrogen-bond donors (Lipinski definition) is 4. The summed E-state index contributed by atoms with van der Waals surface area (Å²) in [6.45, 7) is 1.55. The first-order valence-corrected chi connectivity index (χ1v) is 12.7. The van der Waals surface area contributed by atoms with Crippen LogP contribution in [0.3, 0.4) is 0 Å².